The van der Waals surface area contributed by atoms with E-state index in [9.17, 15) is 18.0 Å². The second-order valence-electron chi connectivity index (χ2n) is 3.62. The summed E-state index contributed by atoms with van der Waals surface area (Å²) in [4.78, 5) is 11.4. The maximum absolute atomic E-state index is 12.3. The SMILES string of the molecule is CCCC[N]C(=O)c1ccc(C(F)(F)F)cc1. The van der Waals surface area contributed by atoms with Gasteiger partial charge in [-0.05, 0) is 30.7 Å². The first-order valence-electron chi connectivity index (χ1n) is 5.34. The lowest BCUT2D eigenvalue weighted by Crippen LogP contribution is -2.17. The van der Waals surface area contributed by atoms with Crippen LogP contribution in [0.5, 0.6) is 0 Å². The van der Waals surface area contributed by atoms with Gasteiger partial charge in [-0.1, -0.05) is 13.3 Å². The molecule has 0 atom stereocenters. The Morgan fingerprint density at radius 3 is 2.29 bits per heavy atom. The van der Waals surface area contributed by atoms with Crippen molar-refractivity contribution in [1.29, 1.82) is 0 Å². The van der Waals surface area contributed by atoms with E-state index < -0.39 is 17.6 Å². The minimum Gasteiger partial charge on any atom is -0.267 e. The van der Waals surface area contributed by atoms with E-state index in [1.807, 2.05) is 6.92 Å². The first-order valence-corrected chi connectivity index (χ1v) is 5.34. The number of alkyl halides is 3. The van der Waals surface area contributed by atoms with Crippen molar-refractivity contribution >= 4 is 5.91 Å². The Morgan fingerprint density at radius 2 is 1.82 bits per heavy atom. The van der Waals surface area contributed by atoms with Gasteiger partial charge < -0.3 is 0 Å². The molecule has 0 bridgehead atoms. The molecule has 0 heterocycles. The fraction of sp³-hybridized carbons (Fsp3) is 0.417. The average Bonchev–Trinajstić information content (AvgIpc) is 2.28. The Bertz CT molecular complexity index is 370. The summed E-state index contributed by atoms with van der Waals surface area (Å²) in [6, 6.07) is 4.09. The van der Waals surface area contributed by atoms with Crippen LogP contribution in [0.25, 0.3) is 0 Å². The molecule has 0 aliphatic carbocycles. The molecule has 93 valence electrons. The zero-order chi connectivity index (χ0) is 12.9. The van der Waals surface area contributed by atoms with Crippen LogP contribution in [-0.4, -0.2) is 12.5 Å². The third-order valence-electron chi connectivity index (χ3n) is 2.23. The van der Waals surface area contributed by atoms with Crippen molar-refractivity contribution in [3.8, 4) is 0 Å². The van der Waals surface area contributed by atoms with Crippen LogP contribution in [0.2, 0.25) is 0 Å². The van der Waals surface area contributed by atoms with Crippen molar-refractivity contribution in [3.63, 3.8) is 0 Å². The van der Waals surface area contributed by atoms with Crippen LogP contribution in [0.3, 0.4) is 0 Å². The third-order valence-corrected chi connectivity index (χ3v) is 2.23. The van der Waals surface area contributed by atoms with Gasteiger partial charge in [0.2, 0.25) is 0 Å². The number of rotatable bonds is 4. The Labute approximate surface area is 97.8 Å². The molecule has 17 heavy (non-hydrogen) atoms. The second kappa shape index (κ2) is 5.70. The maximum atomic E-state index is 12.3. The van der Waals surface area contributed by atoms with Crippen LogP contribution in [0.4, 0.5) is 13.2 Å². The van der Waals surface area contributed by atoms with E-state index in [0.29, 0.717) is 6.54 Å². The molecule has 1 aromatic carbocycles. The number of amides is 1. The largest absolute Gasteiger partial charge is 0.416 e. The summed E-state index contributed by atoms with van der Waals surface area (Å²) in [5.41, 5.74) is -0.572. The number of hydrogen-bond acceptors (Lipinski definition) is 1. The quantitative estimate of drug-likeness (QED) is 0.748. The standard InChI is InChI=1S/C12H13F3NO/c1-2-3-8-16-11(17)9-4-6-10(7-5-9)12(13,14)15/h4-7H,2-3,8H2,1H3. The van der Waals surface area contributed by atoms with Crippen LogP contribution >= 0.6 is 0 Å². The molecule has 0 saturated heterocycles. The summed E-state index contributed by atoms with van der Waals surface area (Å²) in [7, 11) is 0. The highest BCUT2D eigenvalue weighted by molar-refractivity contribution is 5.93. The predicted molar refractivity (Wildman–Crippen MR) is 57.7 cm³/mol. The topological polar surface area (TPSA) is 31.2 Å². The Morgan fingerprint density at radius 1 is 1.24 bits per heavy atom. The molecule has 0 saturated carbocycles. The molecule has 1 rings (SSSR count). The van der Waals surface area contributed by atoms with Gasteiger partial charge in [-0.3, -0.25) is 4.79 Å². The van der Waals surface area contributed by atoms with Gasteiger partial charge in [0, 0.05) is 12.1 Å². The molecule has 1 radical (unpaired) electrons. The zero-order valence-corrected chi connectivity index (χ0v) is 9.42. The Hall–Kier alpha value is -1.52. The molecule has 1 aromatic rings. The van der Waals surface area contributed by atoms with E-state index in [-0.39, 0.29) is 5.56 Å². The average molecular weight is 244 g/mol. The minimum absolute atomic E-state index is 0.189. The van der Waals surface area contributed by atoms with Gasteiger partial charge in [0.05, 0.1) is 5.56 Å². The summed E-state index contributed by atoms with van der Waals surface area (Å²) in [5.74, 6) is -0.466. The van der Waals surface area contributed by atoms with E-state index in [0.717, 1.165) is 37.1 Å². The van der Waals surface area contributed by atoms with Gasteiger partial charge in [-0.15, -0.1) is 0 Å². The van der Waals surface area contributed by atoms with Crippen LogP contribution in [0.15, 0.2) is 24.3 Å². The smallest absolute Gasteiger partial charge is 0.267 e. The molecule has 1 amide bonds. The lowest BCUT2D eigenvalue weighted by Gasteiger charge is -2.07. The molecule has 2 nitrogen and oxygen atoms in total. The number of carbonyl (C=O) groups excluding carboxylic acids is 1. The highest BCUT2D eigenvalue weighted by atomic mass is 19.4. The predicted octanol–water partition coefficient (Wildman–Crippen LogP) is 3.25. The number of benzene rings is 1. The molecular weight excluding hydrogens is 231 g/mol. The van der Waals surface area contributed by atoms with Crippen LogP contribution in [0.1, 0.15) is 35.7 Å². The number of halogens is 3. The van der Waals surface area contributed by atoms with Crippen LogP contribution in [-0.2, 0) is 6.18 Å². The van der Waals surface area contributed by atoms with Gasteiger partial charge in [0.1, 0.15) is 0 Å². The molecule has 0 aliphatic heterocycles. The van der Waals surface area contributed by atoms with E-state index in [2.05, 4.69) is 5.32 Å². The van der Waals surface area contributed by atoms with Gasteiger partial charge in [-0.25, -0.2) is 5.32 Å². The number of carbonyl (C=O) groups is 1. The molecule has 0 unspecified atom stereocenters. The van der Waals surface area contributed by atoms with E-state index in [1.54, 1.807) is 0 Å². The van der Waals surface area contributed by atoms with E-state index >= 15 is 0 Å². The number of hydrogen-bond donors (Lipinski definition) is 0. The van der Waals surface area contributed by atoms with Crippen molar-refractivity contribution in [3.05, 3.63) is 35.4 Å². The third kappa shape index (κ3) is 4.09. The number of unbranched alkanes of at least 4 members (excludes halogenated alkanes) is 1. The van der Waals surface area contributed by atoms with Gasteiger partial charge in [0.25, 0.3) is 5.91 Å². The van der Waals surface area contributed by atoms with Crippen molar-refractivity contribution in [2.24, 2.45) is 0 Å². The second-order valence-corrected chi connectivity index (χ2v) is 3.62. The fourth-order valence-electron chi connectivity index (χ4n) is 1.23. The summed E-state index contributed by atoms with van der Waals surface area (Å²) in [5, 5.41) is 3.76. The summed E-state index contributed by atoms with van der Waals surface area (Å²) in [6.07, 6.45) is -2.66. The van der Waals surface area contributed by atoms with Crippen LogP contribution in [0, 0.1) is 0 Å². The summed E-state index contributed by atoms with van der Waals surface area (Å²) < 4.78 is 36.8. The summed E-state index contributed by atoms with van der Waals surface area (Å²) >= 11 is 0. The molecule has 0 fully saturated rings. The minimum atomic E-state index is -4.37. The van der Waals surface area contributed by atoms with Gasteiger partial charge >= 0.3 is 6.18 Å². The van der Waals surface area contributed by atoms with Crippen molar-refractivity contribution in [2.75, 3.05) is 6.54 Å². The molecule has 0 spiro atoms. The zero-order valence-electron chi connectivity index (χ0n) is 9.42. The van der Waals surface area contributed by atoms with E-state index in [1.165, 1.54) is 0 Å². The molecule has 0 N–H and O–H groups in total. The Kier molecular flexibility index (Phi) is 4.54. The first-order chi connectivity index (χ1) is 7.95. The van der Waals surface area contributed by atoms with Gasteiger partial charge in [-0.2, -0.15) is 13.2 Å². The highest BCUT2D eigenvalue weighted by Crippen LogP contribution is 2.29. The van der Waals surface area contributed by atoms with E-state index in [4.69, 9.17) is 0 Å². The van der Waals surface area contributed by atoms with Crippen molar-refractivity contribution in [2.45, 2.75) is 25.9 Å². The monoisotopic (exact) mass is 244 g/mol. The van der Waals surface area contributed by atoms with Crippen molar-refractivity contribution < 1.29 is 18.0 Å². The normalized spacial score (nSPS) is 11.3. The lowest BCUT2D eigenvalue weighted by molar-refractivity contribution is -0.137. The number of nitrogens with zero attached hydrogens (tertiary/aromatic N) is 1. The summed E-state index contributed by atoms with van der Waals surface area (Å²) in [6.45, 7) is 2.38. The van der Waals surface area contributed by atoms with Crippen LogP contribution < -0.4 is 5.32 Å². The maximum Gasteiger partial charge on any atom is 0.416 e. The first kappa shape index (κ1) is 13.5. The molecule has 5 heteroatoms. The highest BCUT2D eigenvalue weighted by Gasteiger charge is 2.30. The fourth-order valence-corrected chi connectivity index (χ4v) is 1.23. The molecule has 0 aliphatic rings. The molecule has 0 aromatic heterocycles. The lowest BCUT2D eigenvalue weighted by atomic mass is 10.1. The molecular formula is C12H13F3NO. The van der Waals surface area contributed by atoms with Gasteiger partial charge in [0.15, 0.2) is 0 Å². The van der Waals surface area contributed by atoms with Crippen molar-refractivity contribution in [1.82, 2.24) is 5.32 Å². The Balaban J connectivity index is 2.64.